The fraction of sp³-hybridized carbons (Fsp3) is 0.246. The van der Waals surface area contributed by atoms with E-state index >= 15 is 0 Å². The molecule has 10 aromatic rings. The molecule has 0 radical (unpaired) electrons. The SMILES string of the molecule is CC1(C)OB(c2ccc(C(=O)CCCc3cc[nH]c(=O)c3)cc2)OC1(C)C.COc1ccc(Nc2nc(-c3ccc(C(=O)NCCc4cc[nH]c(=O)c4)cc3)nc3scnc23)cc1OC.COc1ccc(Nc2nc(Cl)nc3scnc23)cc1OC. The summed E-state index contributed by atoms with van der Waals surface area (Å²) in [7, 11) is 5.92. The summed E-state index contributed by atoms with van der Waals surface area (Å²) >= 11 is 8.75. The Morgan fingerprint density at radius 3 is 1.65 bits per heavy atom. The van der Waals surface area contributed by atoms with Crippen LogP contribution in [0.1, 0.15) is 72.4 Å². The van der Waals surface area contributed by atoms with E-state index in [2.05, 4.69) is 50.8 Å². The molecule has 1 saturated heterocycles. The number of thiazole rings is 2. The van der Waals surface area contributed by atoms with E-state index in [1.165, 1.54) is 28.7 Å². The lowest BCUT2D eigenvalue weighted by molar-refractivity contribution is 0.00578. The molecule has 1 amide bonds. The molecule has 0 atom stereocenters. The third-order valence-electron chi connectivity index (χ3n) is 14.1. The summed E-state index contributed by atoms with van der Waals surface area (Å²) in [6.45, 7) is 8.49. The Balaban J connectivity index is 0.000000162. The van der Waals surface area contributed by atoms with Gasteiger partial charge in [-0.3, -0.25) is 19.2 Å². The molecule has 86 heavy (non-hydrogen) atoms. The van der Waals surface area contributed by atoms with Crippen LogP contribution in [-0.2, 0) is 22.2 Å². The van der Waals surface area contributed by atoms with Crippen molar-refractivity contribution in [3.63, 3.8) is 0 Å². The zero-order valence-electron chi connectivity index (χ0n) is 48.3. The van der Waals surface area contributed by atoms with Crippen molar-refractivity contribution in [3.8, 4) is 34.4 Å². The first-order valence-corrected chi connectivity index (χ1v) is 29.2. The number of amides is 1. The average Bonchev–Trinajstić information content (AvgIpc) is 2.08. The molecule has 5 N–H and O–H groups in total. The number of Topliss-reactive ketones (excluding diaryl/α,β-unsaturated/α-hetero) is 1. The highest BCUT2D eigenvalue weighted by Crippen LogP contribution is 2.38. The van der Waals surface area contributed by atoms with E-state index in [1.807, 2.05) is 113 Å². The first-order valence-electron chi connectivity index (χ1n) is 27.0. The lowest BCUT2D eigenvalue weighted by Gasteiger charge is -2.32. The number of ether oxygens (including phenoxy) is 4. The summed E-state index contributed by atoms with van der Waals surface area (Å²) in [5, 5.41) is 9.54. The number of H-pyrrole nitrogens is 2. The normalized spacial score (nSPS) is 13.0. The Morgan fingerprint density at radius 2 is 1.12 bits per heavy atom. The summed E-state index contributed by atoms with van der Waals surface area (Å²) in [6.07, 6.45) is 5.66. The molecule has 1 aliphatic rings. The molecule has 0 saturated carbocycles. The molecule has 0 spiro atoms. The van der Waals surface area contributed by atoms with Gasteiger partial charge in [-0.25, -0.2) is 24.9 Å². The maximum Gasteiger partial charge on any atom is 0.494 e. The van der Waals surface area contributed by atoms with Crippen molar-refractivity contribution in [3.05, 3.63) is 181 Å². The number of rotatable bonds is 19. The number of pyridine rings is 2. The van der Waals surface area contributed by atoms with E-state index in [0.717, 1.165) is 43.2 Å². The van der Waals surface area contributed by atoms with E-state index < -0.39 is 7.12 Å². The number of aromatic amines is 2. The molecule has 11 rings (SSSR count). The van der Waals surface area contributed by atoms with Crippen molar-refractivity contribution in [1.82, 2.24) is 45.2 Å². The molecule has 6 aromatic heterocycles. The minimum atomic E-state index is -0.421. The number of nitrogens with zero attached hydrogens (tertiary/aromatic N) is 6. The van der Waals surface area contributed by atoms with Gasteiger partial charge in [-0.1, -0.05) is 36.4 Å². The van der Waals surface area contributed by atoms with Gasteiger partial charge >= 0.3 is 7.12 Å². The number of fused-ring (bicyclic) bond motifs is 2. The number of carbonyl (C=O) groups is 2. The summed E-state index contributed by atoms with van der Waals surface area (Å²) < 4.78 is 33.3. The number of carbonyl (C=O) groups excluding carboxylic acids is 2. The first kappa shape index (κ1) is 61.5. The van der Waals surface area contributed by atoms with Crippen molar-refractivity contribution >= 4 is 102 Å². The van der Waals surface area contributed by atoms with Gasteiger partial charge in [-0.15, -0.1) is 22.7 Å². The summed E-state index contributed by atoms with van der Waals surface area (Å²) in [4.78, 5) is 80.7. The van der Waals surface area contributed by atoms with Crippen LogP contribution < -0.4 is 51.5 Å². The lowest BCUT2D eigenvalue weighted by Crippen LogP contribution is -2.41. The zero-order valence-corrected chi connectivity index (χ0v) is 50.7. The average molecular weight is 1220 g/mol. The van der Waals surface area contributed by atoms with E-state index in [0.29, 0.717) is 94.8 Å². The van der Waals surface area contributed by atoms with Crippen molar-refractivity contribution in [2.75, 3.05) is 45.6 Å². The number of halogens is 1. The molecular weight excluding hydrogens is 1160 g/mol. The van der Waals surface area contributed by atoms with Crippen LogP contribution >= 0.6 is 34.3 Å². The van der Waals surface area contributed by atoms with Crippen molar-refractivity contribution < 1.29 is 37.8 Å². The largest absolute Gasteiger partial charge is 0.494 e. The molecule has 7 heterocycles. The molecule has 0 bridgehead atoms. The quantitative estimate of drug-likeness (QED) is 0.0286. The second kappa shape index (κ2) is 27.8. The van der Waals surface area contributed by atoms with E-state index in [9.17, 15) is 19.2 Å². The molecule has 25 heteroatoms. The Labute approximate surface area is 508 Å². The van der Waals surface area contributed by atoms with Crippen molar-refractivity contribution in [1.29, 1.82) is 0 Å². The van der Waals surface area contributed by atoms with Crippen LogP contribution in [0.4, 0.5) is 23.0 Å². The van der Waals surface area contributed by atoms with Crippen LogP contribution in [-0.4, -0.2) is 105 Å². The van der Waals surface area contributed by atoms with Gasteiger partial charge in [0.05, 0.1) is 50.7 Å². The minimum absolute atomic E-state index is 0.0975. The number of ketones is 1. The Bertz CT molecular complexity index is 4110. The van der Waals surface area contributed by atoms with E-state index in [1.54, 1.807) is 70.1 Å². The highest BCUT2D eigenvalue weighted by atomic mass is 35.5. The van der Waals surface area contributed by atoms with E-state index in [4.69, 9.17) is 44.8 Å². The smallest absolute Gasteiger partial charge is 0.493 e. The molecular formula is C61H61BClN11O10S2. The predicted octanol–water partition coefficient (Wildman–Crippen LogP) is 10.6. The Hall–Kier alpha value is -9.07. The van der Waals surface area contributed by atoms with E-state index in [-0.39, 0.29) is 39.3 Å². The van der Waals surface area contributed by atoms with Crippen molar-refractivity contribution in [2.24, 2.45) is 0 Å². The number of methoxy groups -OCH3 is 4. The minimum Gasteiger partial charge on any atom is -0.493 e. The molecule has 0 unspecified atom stereocenters. The number of hydrogen-bond donors (Lipinski definition) is 5. The van der Waals surface area contributed by atoms with Crippen LogP contribution in [0, 0.1) is 0 Å². The van der Waals surface area contributed by atoms with Crippen LogP contribution in [0.2, 0.25) is 5.28 Å². The number of aryl methyl sites for hydroxylation is 1. The molecule has 0 aliphatic carbocycles. The zero-order chi connectivity index (χ0) is 61.0. The number of benzene rings is 4. The fourth-order valence-electron chi connectivity index (χ4n) is 8.79. The molecule has 442 valence electrons. The third kappa shape index (κ3) is 15.2. The highest BCUT2D eigenvalue weighted by molar-refractivity contribution is 7.16. The Kier molecular flexibility index (Phi) is 19.8. The fourth-order valence-corrected chi connectivity index (χ4v) is 10.3. The van der Waals surface area contributed by atoms with Crippen LogP contribution in [0.25, 0.3) is 32.1 Å². The number of anilines is 4. The predicted molar refractivity (Wildman–Crippen MR) is 336 cm³/mol. The third-order valence-corrected chi connectivity index (χ3v) is 15.7. The molecule has 4 aromatic carbocycles. The molecule has 1 aliphatic heterocycles. The second-order valence-electron chi connectivity index (χ2n) is 20.3. The summed E-state index contributed by atoms with van der Waals surface area (Å²) in [5.74, 6) is 4.01. The lowest BCUT2D eigenvalue weighted by atomic mass is 9.78. The topological polar surface area (TPSA) is 269 Å². The van der Waals surface area contributed by atoms with Crippen LogP contribution in [0.15, 0.2) is 142 Å². The van der Waals surface area contributed by atoms with Gasteiger partial charge in [0.25, 0.3) is 5.91 Å². The Morgan fingerprint density at radius 1 is 0.605 bits per heavy atom. The van der Waals surface area contributed by atoms with Crippen LogP contribution in [0.5, 0.6) is 23.0 Å². The van der Waals surface area contributed by atoms with Gasteiger partial charge in [0.2, 0.25) is 16.4 Å². The van der Waals surface area contributed by atoms with Gasteiger partial charge in [0.15, 0.2) is 51.1 Å². The highest BCUT2D eigenvalue weighted by Gasteiger charge is 2.51. The number of hydrogen-bond acceptors (Lipinski definition) is 20. The van der Waals surface area contributed by atoms with Gasteiger partial charge in [-0.2, -0.15) is 4.98 Å². The van der Waals surface area contributed by atoms with Gasteiger partial charge < -0.3 is 54.2 Å². The monoisotopic (exact) mass is 1220 g/mol. The van der Waals surface area contributed by atoms with Crippen molar-refractivity contribution in [2.45, 2.75) is 64.6 Å². The maximum absolute atomic E-state index is 12.6. The second-order valence-corrected chi connectivity index (χ2v) is 22.3. The van der Waals surface area contributed by atoms with Gasteiger partial charge in [-0.05, 0) is 124 Å². The molecule has 1 fully saturated rings. The summed E-state index contributed by atoms with van der Waals surface area (Å²) in [6, 6.07) is 32.3. The summed E-state index contributed by atoms with van der Waals surface area (Å²) in [5.41, 5.74) is 9.94. The first-order chi connectivity index (χ1) is 41.4. The maximum atomic E-state index is 12.6. The van der Waals surface area contributed by atoms with Crippen LogP contribution in [0.3, 0.4) is 0 Å². The van der Waals surface area contributed by atoms with Gasteiger partial charge in [0, 0.05) is 77.7 Å². The molecule has 21 nitrogen and oxygen atoms in total. The number of nitrogens with one attached hydrogen (secondary N) is 5. The van der Waals surface area contributed by atoms with Gasteiger partial charge in [0.1, 0.15) is 15.9 Å². The standard InChI is InChI=1S/C27H24N6O4S.C21H26BNO4.C13H11ClN4O2S/c1-36-20-8-7-19(14-21(20)37-2)31-25-23-27(38-15-30-23)33-24(32-25)17-3-5-18(6-4-17)26(35)29-12-10-16-9-11-28-22(34)13-16;1-20(2)21(3,4)27-22(26-20)17-10-8-16(9-11-17)18(24)7-5-6-15-12-13-23-19(25)14-15;1-19-8-4-3-7(5-9(8)20-2)16-11-10-12(21-6-15-10)18-13(14)17-11/h3-9,11,13-15H,10,12H2,1-2H3,(H,28,34)(H,29,35)(H,31,32,33);8-14H,5-7H2,1-4H3,(H,23,25);3-6H,1-2H3,(H,16,17,18). The number of aromatic nitrogens is 8.